The lowest BCUT2D eigenvalue weighted by molar-refractivity contribution is -0.276. The molecule has 0 unspecified atom stereocenters. The Kier molecular flexibility index (Phi) is 7.94. The number of ether oxygens (including phenoxy) is 1. The molecule has 0 amide bonds. The quantitative estimate of drug-likeness (QED) is 0.260. The van der Waals surface area contributed by atoms with E-state index in [9.17, 15) is 13.2 Å². The zero-order valence-electron chi connectivity index (χ0n) is 23.7. The third-order valence-corrected chi connectivity index (χ3v) is 7.05. The van der Waals surface area contributed by atoms with Crippen molar-refractivity contribution in [2.45, 2.75) is 32.2 Å². The zero-order chi connectivity index (χ0) is 30.7. The molecule has 10 nitrogen and oxygen atoms in total. The van der Waals surface area contributed by atoms with Gasteiger partial charge in [0.25, 0.3) is 0 Å². The van der Waals surface area contributed by atoms with Gasteiger partial charge in [-0.3, -0.25) is 4.57 Å². The maximum atomic E-state index is 11.8. The molecular formula is C31H28F3N9O. The number of alkyl halides is 3. The number of hydrogen-bond donors (Lipinski definition) is 2. The average molecular weight is 600 g/mol. The van der Waals surface area contributed by atoms with Crippen molar-refractivity contribution in [1.29, 1.82) is 0 Å². The van der Waals surface area contributed by atoms with E-state index < -0.39 is 12.2 Å². The summed E-state index contributed by atoms with van der Waals surface area (Å²) >= 11 is 0. The number of fused-ring (bicyclic) bond motifs is 2. The van der Waals surface area contributed by atoms with Crippen LogP contribution in [-0.4, -0.2) is 47.7 Å². The average Bonchev–Trinajstić information content (AvgIpc) is 3.77. The summed E-state index contributed by atoms with van der Waals surface area (Å²) in [7, 11) is 1.70. The fourth-order valence-corrected chi connectivity index (χ4v) is 5.15. The smallest absolute Gasteiger partial charge is 0.388 e. The number of anilines is 1. The molecule has 0 saturated heterocycles. The van der Waals surface area contributed by atoms with E-state index in [1.807, 2.05) is 36.5 Å². The van der Waals surface area contributed by atoms with E-state index >= 15 is 0 Å². The SMILES string of the molecule is CNCc1ccnc(OC(F)(F)F)c1.Nc1ncccc1-c1nc2ccc(-n3cccn3)nc2n1-c1ccc2c(c1)CCC2. The lowest BCUT2D eigenvalue weighted by Crippen LogP contribution is -2.18. The molecule has 0 atom stereocenters. The molecule has 13 heteroatoms. The summed E-state index contributed by atoms with van der Waals surface area (Å²) in [6.07, 6.45) is 5.34. The number of nitrogens with one attached hydrogen (secondary N) is 1. The summed E-state index contributed by atoms with van der Waals surface area (Å²) in [5.74, 6) is 1.48. The van der Waals surface area contributed by atoms with E-state index in [4.69, 9.17) is 15.7 Å². The van der Waals surface area contributed by atoms with Crippen molar-refractivity contribution in [3.8, 4) is 28.8 Å². The van der Waals surface area contributed by atoms with Gasteiger partial charge in [0.05, 0.1) is 5.56 Å². The van der Waals surface area contributed by atoms with Gasteiger partial charge >= 0.3 is 6.36 Å². The summed E-state index contributed by atoms with van der Waals surface area (Å²) in [4.78, 5) is 17.5. The van der Waals surface area contributed by atoms with Crippen molar-refractivity contribution in [3.63, 3.8) is 0 Å². The van der Waals surface area contributed by atoms with Crippen LogP contribution in [0.1, 0.15) is 23.1 Å². The monoisotopic (exact) mass is 599 g/mol. The van der Waals surface area contributed by atoms with Crippen LogP contribution >= 0.6 is 0 Å². The number of aryl methyl sites for hydroxylation is 2. The van der Waals surface area contributed by atoms with Gasteiger partial charge in [0.15, 0.2) is 17.3 Å². The third-order valence-electron chi connectivity index (χ3n) is 7.05. The first-order valence-corrected chi connectivity index (χ1v) is 13.9. The van der Waals surface area contributed by atoms with Crippen LogP contribution < -0.4 is 15.8 Å². The number of aromatic nitrogens is 7. The number of benzene rings is 1. The summed E-state index contributed by atoms with van der Waals surface area (Å²) in [5, 5.41) is 7.13. The lowest BCUT2D eigenvalue weighted by atomic mass is 10.1. The van der Waals surface area contributed by atoms with Crippen LogP contribution in [0.5, 0.6) is 5.88 Å². The van der Waals surface area contributed by atoms with Crippen molar-refractivity contribution >= 4 is 17.0 Å². The molecule has 1 aliphatic rings. The minimum atomic E-state index is -4.69. The van der Waals surface area contributed by atoms with Gasteiger partial charge in [-0.1, -0.05) is 6.07 Å². The van der Waals surface area contributed by atoms with E-state index in [2.05, 4.69) is 47.9 Å². The number of imidazole rings is 1. The normalized spacial score (nSPS) is 12.5. The van der Waals surface area contributed by atoms with E-state index in [1.165, 1.54) is 29.8 Å². The lowest BCUT2D eigenvalue weighted by Gasteiger charge is -2.12. The summed E-state index contributed by atoms with van der Waals surface area (Å²) in [5.41, 5.74) is 13.1. The molecule has 0 spiro atoms. The molecule has 224 valence electrons. The fraction of sp³-hybridized carbons (Fsp3) is 0.194. The Morgan fingerprint density at radius 3 is 2.57 bits per heavy atom. The second kappa shape index (κ2) is 12.1. The minimum Gasteiger partial charge on any atom is -0.388 e. The van der Waals surface area contributed by atoms with Crippen molar-refractivity contribution in [2.75, 3.05) is 12.8 Å². The first kappa shape index (κ1) is 28.8. The highest BCUT2D eigenvalue weighted by atomic mass is 19.4. The number of rotatable bonds is 6. The van der Waals surface area contributed by atoms with Crippen molar-refractivity contribution < 1.29 is 17.9 Å². The Labute approximate surface area is 250 Å². The van der Waals surface area contributed by atoms with E-state index in [0.717, 1.165) is 46.9 Å². The number of nitrogens with zero attached hydrogens (tertiary/aromatic N) is 7. The summed E-state index contributed by atoms with van der Waals surface area (Å²) < 4.78 is 42.8. The second-order valence-corrected chi connectivity index (χ2v) is 10.1. The molecule has 3 N–H and O–H groups in total. The van der Waals surface area contributed by atoms with Gasteiger partial charge in [-0.2, -0.15) is 5.10 Å². The van der Waals surface area contributed by atoms with Gasteiger partial charge in [0, 0.05) is 43.1 Å². The molecule has 0 bridgehead atoms. The highest BCUT2D eigenvalue weighted by molar-refractivity contribution is 5.83. The number of halogens is 3. The fourth-order valence-electron chi connectivity index (χ4n) is 5.15. The molecule has 5 heterocycles. The van der Waals surface area contributed by atoms with Crippen LogP contribution in [0.3, 0.4) is 0 Å². The van der Waals surface area contributed by atoms with Crippen LogP contribution in [0.2, 0.25) is 0 Å². The number of pyridine rings is 3. The van der Waals surface area contributed by atoms with E-state index in [-0.39, 0.29) is 0 Å². The molecule has 1 aromatic carbocycles. The highest BCUT2D eigenvalue weighted by Gasteiger charge is 2.31. The molecule has 0 radical (unpaired) electrons. The molecule has 0 fully saturated rings. The van der Waals surface area contributed by atoms with Gasteiger partial charge in [0.2, 0.25) is 5.88 Å². The van der Waals surface area contributed by atoms with Crippen LogP contribution in [0, 0.1) is 0 Å². The Balaban J connectivity index is 0.000000208. The van der Waals surface area contributed by atoms with Crippen LogP contribution in [-0.2, 0) is 19.4 Å². The molecule has 5 aromatic heterocycles. The van der Waals surface area contributed by atoms with Gasteiger partial charge < -0.3 is 15.8 Å². The first-order valence-electron chi connectivity index (χ1n) is 13.9. The topological polar surface area (TPSA) is 122 Å². The standard InChI is InChI=1S/C23H19N7.C8H9F3N2O/c24-21-18(6-2-11-25-21)22-27-19-9-10-20(29-13-3-12-26-29)28-23(19)30(22)17-8-7-15-4-1-5-16(15)14-17;1-12-5-6-2-3-13-7(4-6)14-8(9,10)11/h2-3,6-14H,1,4-5H2,(H2,24,25);2-4,12H,5H2,1H3. The number of nitrogens with two attached hydrogens (primary N) is 1. The Morgan fingerprint density at radius 2 is 1.80 bits per heavy atom. The van der Waals surface area contributed by atoms with Gasteiger partial charge in [0.1, 0.15) is 11.3 Å². The molecule has 0 saturated carbocycles. The van der Waals surface area contributed by atoms with Crippen molar-refractivity contribution in [2.24, 2.45) is 0 Å². The number of hydrogen-bond acceptors (Lipinski definition) is 8. The maximum absolute atomic E-state index is 11.8. The molecule has 6 aromatic rings. The van der Waals surface area contributed by atoms with Crippen LogP contribution in [0.25, 0.3) is 34.1 Å². The molecule has 1 aliphatic carbocycles. The molecule has 0 aliphatic heterocycles. The number of nitrogen functional groups attached to an aromatic ring is 1. The van der Waals surface area contributed by atoms with Crippen molar-refractivity contribution in [1.82, 2.24) is 39.6 Å². The van der Waals surface area contributed by atoms with Gasteiger partial charge in [-0.05, 0) is 91.5 Å². The largest absolute Gasteiger partial charge is 0.574 e. The zero-order valence-corrected chi connectivity index (χ0v) is 23.7. The summed E-state index contributed by atoms with van der Waals surface area (Å²) in [6, 6.07) is 19.1. The molecule has 7 rings (SSSR count). The highest BCUT2D eigenvalue weighted by Crippen LogP contribution is 2.33. The summed E-state index contributed by atoms with van der Waals surface area (Å²) in [6.45, 7) is 0.469. The first-order chi connectivity index (χ1) is 21.3. The minimum absolute atomic E-state index is 0.440. The second-order valence-electron chi connectivity index (χ2n) is 10.1. The maximum Gasteiger partial charge on any atom is 0.574 e. The Bertz CT molecular complexity index is 1900. The molecule has 44 heavy (non-hydrogen) atoms. The van der Waals surface area contributed by atoms with Gasteiger partial charge in [-0.25, -0.2) is 24.6 Å². The van der Waals surface area contributed by atoms with Crippen molar-refractivity contribution in [3.05, 3.63) is 102 Å². The Morgan fingerprint density at radius 1 is 0.932 bits per heavy atom. The predicted octanol–water partition coefficient (Wildman–Crippen LogP) is 5.44. The third kappa shape index (κ3) is 6.22. The Hall–Kier alpha value is -5.30. The van der Waals surface area contributed by atoms with E-state index in [1.54, 1.807) is 30.2 Å². The predicted molar refractivity (Wildman–Crippen MR) is 159 cm³/mol. The van der Waals surface area contributed by atoms with Gasteiger partial charge in [-0.15, -0.1) is 13.2 Å². The molecular weight excluding hydrogens is 571 g/mol. The van der Waals surface area contributed by atoms with Crippen LogP contribution in [0.4, 0.5) is 19.0 Å². The van der Waals surface area contributed by atoms with Crippen LogP contribution in [0.15, 0.2) is 85.5 Å². The van der Waals surface area contributed by atoms with E-state index in [0.29, 0.717) is 17.9 Å².